The summed E-state index contributed by atoms with van der Waals surface area (Å²) in [6.45, 7) is 0.170. The number of hydrogen-bond donors (Lipinski definition) is 2. The molecule has 0 unspecified atom stereocenters. The minimum Gasteiger partial charge on any atom is -0.454 e. The van der Waals surface area contributed by atoms with E-state index in [9.17, 15) is 4.79 Å². The SMILES string of the molecule is O=C1C[C@@H](c2ccccc2)CC2=C1[C@H](c1cc3c(cc1Cl)OCO3)Nc1ccccc1N2. The molecule has 5 nitrogen and oxygen atoms in total. The number of Topliss-reactive ketones (excluding diaryl/α,β-unsaturated/α-hetero) is 1. The van der Waals surface area contributed by atoms with Crippen molar-refractivity contribution in [1.29, 1.82) is 0 Å². The van der Waals surface area contributed by atoms with E-state index >= 15 is 0 Å². The van der Waals surface area contributed by atoms with Crippen LogP contribution < -0.4 is 20.1 Å². The summed E-state index contributed by atoms with van der Waals surface area (Å²) in [6, 6.07) is 21.5. The van der Waals surface area contributed by atoms with Crippen LogP contribution in [-0.2, 0) is 4.79 Å². The lowest BCUT2D eigenvalue weighted by molar-refractivity contribution is -0.116. The highest BCUT2D eigenvalue weighted by Crippen LogP contribution is 2.47. The zero-order valence-electron chi connectivity index (χ0n) is 17.2. The molecule has 2 aliphatic heterocycles. The molecule has 0 bridgehead atoms. The Morgan fingerprint density at radius 3 is 2.41 bits per heavy atom. The number of hydrogen-bond acceptors (Lipinski definition) is 5. The Balaban J connectivity index is 1.49. The molecule has 0 radical (unpaired) electrons. The molecule has 1 aliphatic carbocycles. The van der Waals surface area contributed by atoms with Crippen molar-refractivity contribution in [2.45, 2.75) is 24.8 Å². The summed E-state index contributed by atoms with van der Waals surface area (Å²) in [5.41, 5.74) is 5.51. The fraction of sp³-hybridized carbons (Fsp3) is 0.192. The highest BCUT2D eigenvalue weighted by molar-refractivity contribution is 6.31. The molecule has 2 atom stereocenters. The van der Waals surface area contributed by atoms with Crippen molar-refractivity contribution in [3.8, 4) is 11.5 Å². The van der Waals surface area contributed by atoms with Crippen LogP contribution in [0.3, 0.4) is 0 Å². The number of benzene rings is 3. The number of carbonyl (C=O) groups excluding carboxylic acids is 1. The average molecular weight is 445 g/mol. The molecule has 6 rings (SSSR count). The van der Waals surface area contributed by atoms with E-state index in [4.69, 9.17) is 21.1 Å². The summed E-state index contributed by atoms with van der Waals surface area (Å²) in [5.74, 6) is 1.52. The van der Waals surface area contributed by atoms with Crippen LogP contribution >= 0.6 is 11.6 Å². The monoisotopic (exact) mass is 444 g/mol. The van der Waals surface area contributed by atoms with Crippen LogP contribution in [0.4, 0.5) is 11.4 Å². The summed E-state index contributed by atoms with van der Waals surface area (Å²) >= 11 is 6.70. The van der Waals surface area contributed by atoms with Crippen molar-refractivity contribution in [1.82, 2.24) is 0 Å². The highest BCUT2D eigenvalue weighted by Gasteiger charge is 2.37. The van der Waals surface area contributed by atoms with Gasteiger partial charge in [-0.2, -0.15) is 0 Å². The smallest absolute Gasteiger partial charge is 0.231 e. The van der Waals surface area contributed by atoms with E-state index < -0.39 is 6.04 Å². The minimum absolute atomic E-state index is 0.117. The van der Waals surface area contributed by atoms with Crippen LogP contribution in [0.1, 0.15) is 35.9 Å². The standard InChI is InChI=1S/C26H21ClN2O3/c27-18-13-24-23(31-14-32-24)12-17(18)26-25-21(28-19-8-4-5-9-20(19)29-26)10-16(11-22(25)30)15-6-2-1-3-7-15/h1-9,12-13,16,26,28-29H,10-11,14H2/t16-,26-/m0/s1. The first-order chi connectivity index (χ1) is 15.7. The van der Waals surface area contributed by atoms with Crippen molar-refractivity contribution in [2.24, 2.45) is 0 Å². The lowest BCUT2D eigenvalue weighted by Gasteiger charge is -2.30. The van der Waals surface area contributed by atoms with Crippen molar-refractivity contribution < 1.29 is 14.3 Å². The van der Waals surface area contributed by atoms with Gasteiger partial charge in [-0.25, -0.2) is 0 Å². The average Bonchev–Trinajstić information content (AvgIpc) is 3.18. The summed E-state index contributed by atoms with van der Waals surface area (Å²) in [5, 5.41) is 7.67. The predicted molar refractivity (Wildman–Crippen MR) is 124 cm³/mol. The van der Waals surface area contributed by atoms with Crippen molar-refractivity contribution in [3.05, 3.63) is 94.1 Å². The van der Waals surface area contributed by atoms with Crippen molar-refractivity contribution in [2.75, 3.05) is 17.4 Å². The lowest BCUT2D eigenvalue weighted by Crippen LogP contribution is -2.27. The summed E-state index contributed by atoms with van der Waals surface area (Å²) < 4.78 is 11.1. The summed E-state index contributed by atoms with van der Waals surface area (Å²) in [6.07, 6.45) is 1.21. The van der Waals surface area contributed by atoms with Gasteiger partial charge in [0.2, 0.25) is 6.79 Å². The number of allylic oxidation sites excluding steroid dienone is 1. The van der Waals surface area contributed by atoms with E-state index in [2.05, 4.69) is 22.8 Å². The Labute approximate surface area is 191 Å². The molecule has 6 heteroatoms. The molecule has 3 aromatic rings. The lowest BCUT2D eigenvalue weighted by atomic mass is 9.78. The van der Waals surface area contributed by atoms with Gasteiger partial charge in [0.05, 0.1) is 22.4 Å². The second-order valence-electron chi connectivity index (χ2n) is 8.31. The minimum atomic E-state index is -0.396. The van der Waals surface area contributed by atoms with Crippen LogP contribution in [0.5, 0.6) is 11.5 Å². The Hall–Kier alpha value is -3.44. The zero-order chi connectivity index (χ0) is 21.7. The van der Waals surface area contributed by atoms with Gasteiger partial charge in [-0.05, 0) is 36.1 Å². The highest BCUT2D eigenvalue weighted by atomic mass is 35.5. The van der Waals surface area contributed by atoms with Gasteiger partial charge in [0.15, 0.2) is 17.3 Å². The number of ketones is 1. The number of para-hydroxylation sites is 2. The molecular weight excluding hydrogens is 424 g/mol. The van der Waals surface area contributed by atoms with Gasteiger partial charge >= 0.3 is 0 Å². The molecule has 3 aliphatic rings. The number of ether oxygens (including phenoxy) is 2. The Morgan fingerprint density at radius 1 is 0.875 bits per heavy atom. The van der Waals surface area contributed by atoms with Gasteiger partial charge < -0.3 is 20.1 Å². The summed E-state index contributed by atoms with van der Waals surface area (Å²) in [4.78, 5) is 13.6. The third-order valence-electron chi connectivity index (χ3n) is 6.38. The van der Waals surface area contributed by atoms with Gasteiger partial charge in [0.1, 0.15) is 0 Å². The normalized spacial score (nSPS) is 21.2. The third kappa shape index (κ3) is 3.21. The Morgan fingerprint density at radius 2 is 1.59 bits per heavy atom. The maximum absolute atomic E-state index is 13.6. The molecule has 0 spiro atoms. The van der Waals surface area contributed by atoms with Crippen LogP contribution in [0.25, 0.3) is 0 Å². The van der Waals surface area contributed by atoms with E-state index in [1.165, 1.54) is 5.56 Å². The molecular formula is C26H21ClN2O3. The molecule has 0 aromatic heterocycles. The summed E-state index contributed by atoms with van der Waals surface area (Å²) in [7, 11) is 0. The van der Waals surface area contributed by atoms with Crippen LogP contribution in [0.15, 0.2) is 78.0 Å². The first-order valence-corrected chi connectivity index (χ1v) is 11.1. The van der Waals surface area contributed by atoms with E-state index in [0.717, 1.165) is 34.6 Å². The molecule has 2 heterocycles. The maximum Gasteiger partial charge on any atom is 0.231 e. The third-order valence-corrected chi connectivity index (χ3v) is 6.71. The van der Waals surface area contributed by atoms with Crippen molar-refractivity contribution >= 4 is 28.8 Å². The van der Waals surface area contributed by atoms with E-state index in [1.807, 2.05) is 48.5 Å². The predicted octanol–water partition coefficient (Wildman–Crippen LogP) is 6.05. The Bertz CT molecular complexity index is 1260. The quantitative estimate of drug-likeness (QED) is 0.504. The van der Waals surface area contributed by atoms with Crippen molar-refractivity contribution in [3.63, 3.8) is 0 Å². The van der Waals surface area contributed by atoms with Gasteiger partial charge in [-0.1, -0.05) is 54.1 Å². The number of carbonyl (C=O) groups is 1. The Kier molecular flexibility index (Phi) is 4.58. The number of anilines is 2. The van der Waals surface area contributed by atoms with Crippen LogP contribution in [0.2, 0.25) is 5.02 Å². The first kappa shape index (κ1) is 19.3. The second kappa shape index (κ2) is 7.61. The number of rotatable bonds is 2. The largest absolute Gasteiger partial charge is 0.454 e. The number of nitrogens with one attached hydrogen (secondary N) is 2. The van der Waals surface area contributed by atoms with Gasteiger partial charge in [0, 0.05) is 29.3 Å². The fourth-order valence-corrected chi connectivity index (χ4v) is 5.10. The topological polar surface area (TPSA) is 59.6 Å². The molecule has 2 N–H and O–H groups in total. The van der Waals surface area contributed by atoms with Gasteiger partial charge in [0.25, 0.3) is 0 Å². The molecule has 0 saturated carbocycles. The zero-order valence-corrected chi connectivity index (χ0v) is 18.0. The maximum atomic E-state index is 13.6. The molecule has 32 heavy (non-hydrogen) atoms. The molecule has 0 amide bonds. The second-order valence-corrected chi connectivity index (χ2v) is 8.71. The van der Waals surface area contributed by atoms with Gasteiger partial charge in [-0.3, -0.25) is 4.79 Å². The van der Waals surface area contributed by atoms with E-state index in [1.54, 1.807) is 6.07 Å². The first-order valence-electron chi connectivity index (χ1n) is 10.7. The molecule has 160 valence electrons. The van der Waals surface area contributed by atoms with Gasteiger partial charge in [-0.15, -0.1) is 0 Å². The fourth-order valence-electron chi connectivity index (χ4n) is 4.84. The van der Waals surface area contributed by atoms with E-state index in [-0.39, 0.29) is 18.5 Å². The number of fused-ring (bicyclic) bond motifs is 2. The van der Waals surface area contributed by atoms with E-state index in [0.29, 0.717) is 22.9 Å². The number of halogens is 1. The molecule has 0 saturated heterocycles. The molecule has 0 fully saturated rings. The molecule has 3 aromatic carbocycles. The van der Waals surface area contributed by atoms with Crippen LogP contribution in [0, 0.1) is 0 Å². The van der Waals surface area contributed by atoms with Crippen LogP contribution in [-0.4, -0.2) is 12.6 Å².